The van der Waals surface area contributed by atoms with Crippen molar-refractivity contribution in [2.75, 3.05) is 31.5 Å². The minimum Gasteiger partial charge on any atom is -0.342 e. The number of hydrogen-bond donors (Lipinski definition) is 2. The molecule has 0 aromatic heterocycles. The zero-order valence-corrected chi connectivity index (χ0v) is 20.4. The molecule has 0 spiro atoms. The number of fused-ring (bicyclic) bond motifs is 1. The second kappa shape index (κ2) is 10.8. The highest BCUT2D eigenvalue weighted by Gasteiger charge is 2.33. The second-order valence-electron chi connectivity index (χ2n) is 9.68. The van der Waals surface area contributed by atoms with E-state index in [4.69, 9.17) is 0 Å². The first-order valence-corrected chi connectivity index (χ1v) is 12.8. The molecule has 0 radical (unpaired) electrons. The molecule has 4 amide bonds. The van der Waals surface area contributed by atoms with Gasteiger partial charge >= 0.3 is 6.03 Å². The average Bonchev–Trinajstić information content (AvgIpc) is 2.93. The van der Waals surface area contributed by atoms with E-state index < -0.39 is 0 Å². The molecule has 186 valence electrons. The summed E-state index contributed by atoms with van der Waals surface area (Å²) in [6.45, 7) is 2.36. The van der Waals surface area contributed by atoms with E-state index in [0.717, 1.165) is 42.1 Å². The van der Waals surface area contributed by atoms with Crippen molar-refractivity contribution >= 4 is 34.3 Å². The van der Waals surface area contributed by atoms with Crippen LogP contribution in [0.25, 0.3) is 10.8 Å². The number of piperidine rings is 2. The summed E-state index contributed by atoms with van der Waals surface area (Å²) in [5.41, 5.74) is 1.45. The monoisotopic (exact) mass is 484 g/mol. The van der Waals surface area contributed by atoms with Crippen molar-refractivity contribution in [1.29, 1.82) is 0 Å². The van der Waals surface area contributed by atoms with Crippen LogP contribution in [0.3, 0.4) is 0 Å². The van der Waals surface area contributed by atoms with Crippen LogP contribution in [0.5, 0.6) is 0 Å². The Bertz CT molecular complexity index is 1230. The van der Waals surface area contributed by atoms with Crippen molar-refractivity contribution in [3.05, 3.63) is 78.4 Å². The Kier molecular flexibility index (Phi) is 7.16. The van der Waals surface area contributed by atoms with Crippen molar-refractivity contribution in [3.63, 3.8) is 0 Å². The third kappa shape index (κ3) is 5.35. The Hall–Kier alpha value is -3.87. The van der Waals surface area contributed by atoms with E-state index in [1.807, 2.05) is 82.6 Å². The van der Waals surface area contributed by atoms with Gasteiger partial charge in [0.2, 0.25) is 5.91 Å². The molecule has 0 aliphatic carbocycles. The largest absolute Gasteiger partial charge is 0.342 e. The molecule has 36 heavy (non-hydrogen) atoms. The van der Waals surface area contributed by atoms with Crippen molar-refractivity contribution < 1.29 is 14.4 Å². The van der Waals surface area contributed by atoms with Gasteiger partial charge in [0.15, 0.2) is 0 Å². The molecule has 2 aliphatic heterocycles. The summed E-state index contributed by atoms with van der Waals surface area (Å²) >= 11 is 0. The highest BCUT2D eigenvalue weighted by molar-refractivity contribution is 6.07. The number of rotatable bonds is 4. The van der Waals surface area contributed by atoms with E-state index in [0.29, 0.717) is 31.7 Å². The molecule has 2 heterocycles. The van der Waals surface area contributed by atoms with Crippen molar-refractivity contribution in [1.82, 2.24) is 15.1 Å². The molecule has 1 unspecified atom stereocenters. The third-order valence-electron chi connectivity index (χ3n) is 7.25. The molecule has 2 fully saturated rings. The first kappa shape index (κ1) is 23.9. The molecule has 5 rings (SSSR count). The van der Waals surface area contributed by atoms with Gasteiger partial charge in [0.05, 0.1) is 5.92 Å². The molecular weight excluding hydrogens is 452 g/mol. The van der Waals surface area contributed by atoms with Gasteiger partial charge in [-0.2, -0.15) is 0 Å². The normalized spacial score (nSPS) is 18.6. The van der Waals surface area contributed by atoms with Gasteiger partial charge < -0.3 is 20.4 Å². The number of nitrogens with zero attached hydrogens (tertiary/aromatic N) is 2. The van der Waals surface area contributed by atoms with Crippen LogP contribution in [0.1, 0.15) is 36.0 Å². The number of likely N-dealkylation sites (tertiary alicyclic amines) is 2. The number of benzene rings is 3. The smallest absolute Gasteiger partial charge is 0.319 e. The van der Waals surface area contributed by atoms with E-state index >= 15 is 0 Å². The lowest BCUT2D eigenvalue weighted by atomic mass is 9.94. The summed E-state index contributed by atoms with van der Waals surface area (Å²) in [6, 6.07) is 22.9. The highest BCUT2D eigenvalue weighted by Crippen LogP contribution is 2.25. The van der Waals surface area contributed by atoms with Crippen LogP contribution < -0.4 is 10.6 Å². The molecule has 0 saturated carbocycles. The SMILES string of the molecule is O=C(Nc1ccccc1)NC1CCN(C(=O)C2CCCN(C(=O)c3cccc4ccccc34)C2)CC1. The molecular formula is C29H32N4O3. The van der Waals surface area contributed by atoms with Crippen molar-refractivity contribution in [3.8, 4) is 0 Å². The molecule has 2 N–H and O–H groups in total. The van der Waals surface area contributed by atoms with Gasteiger partial charge in [0.25, 0.3) is 5.91 Å². The minimum absolute atomic E-state index is 0.00311. The number of carbonyl (C=O) groups is 3. The topological polar surface area (TPSA) is 81.8 Å². The summed E-state index contributed by atoms with van der Waals surface area (Å²) in [4.78, 5) is 42.8. The fourth-order valence-electron chi connectivity index (χ4n) is 5.32. The Morgan fingerprint density at radius 1 is 0.750 bits per heavy atom. The molecule has 0 bridgehead atoms. The van der Waals surface area contributed by atoms with Gasteiger partial charge in [0.1, 0.15) is 0 Å². The van der Waals surface area contributed by atoms with Crippen LogP contribution in [-0.2, 0) is 4.79 Å². The first-order chi connectivity index (χ1) is 17.6. The van der Waals surface area contributed by atoms with Crippen molar-refractivity contribution in [2.24, 2.45) is 5.92 Å². The van der Waals surface area contributed by atoms with E-state index in [1.54, 1.807) is 0 Å². The predicted octanol–water partition coefficient (Wildman–Crippen LogP) is 4.50. The molecule has 7 nitrogen and oxygen atoms in total. The first-order valence-electron chi connectivity index (χ1n) is 12.8. The van der Waals surface area contributed by atoms with Gasteiger partial charge in [0, 0.05) is 43.5 Å². The van der Waals surface area contributed by atoms with Gasteiger partial charge in [-0.15, -0.1) is 0 Å². The molecule has 2 aliphatic rings. The van der Waals surface area contributed by atoms with Crippen LogP contribution >= 0.6 is 0 Å². The van der Waals surface area contributed by atoms with Crippen molar-refractivity contribution in [2.45, 2.75) is 31.7 Å². The molecule has 3 aromatic rings. The number of nitrogens with one attached hydrogen (secondary N) is 2. The predicted molar refractivity (Wildman–Crippen MR) is 141 cm³/mol. The summed E-state index contributed by atoms with van der Waals surface area (Å²) in [5.74, 6) is -0.0576. The Morgan fingerprint density at radius 3 is 2.28 bits per heavy atom. The number of anilines is 1. The quantitative estimate of drug-likeness (QED) is 0.572. The van der Waals surface area contributed by atoms with Crippen LogP contribution in [0, 0.1) is 5.92 Å². The Morgan fingerprint density at radius 2 is 1.47 bits per heavy atom. The number of para-hydroxylation sites is 1. The summed E-state index contributed by atoms with van der Waals surface area (Å²) in [7, 11) is 0. The second-order valence-corrected chi connectivity index (χ2v) is 9.68. The maximum Gasteiger partial charge on any atom is 0.319 e. The lowest BCUT2D eigenvalue weighted by Crippen LogP contribution is -2.51. The summed E-state index contributed by atoms with van der Waals surface area (Å²) in [6.07, 6.45) is 3.07. The Balaban J connectivity index is 1.15. The lowest BCUT2D eigenvalue weighted by molar-refractivity contribution is -0.138. The van der Waals surface area contributed by atoms with Gasteiger partial charge in [-0.05, 0) is 54.7 Å². The third-order valence-corrected chi connectivity index (χ3v) is 7.25. The van der Waals surface area contributed by atoms with Crippen LogP contribution in [0.2, 0.25) is 0 Å². The van der Waals surface area contributed by atoms with Gasteiger partial charge in [-0.3, -0.25) is 9.59 Å². The summed E-state index contributed by atoms with van der Waals surface area (Å²) < 4.78 is 0. The van der Waals surface area contributed by atoms with Gasteiger partial charge in [-0.25, -0.2) is 4.79 Å². The molecule has 7 heteroatoms. The fraction of sp³-hybridized carbons (Fsp3) is 0.345. The number of amides is 4. The van der Waals surface area contributed by atoms with Crippen LogP contribution in [0.4, 0.5) is 10.5 Å². The molecule has 1 atom stereocenters. The maximum atomic E-state index is 13.4. The number of carbonyl (C=O) groups excluding carboxylic acids is 3. The fourth-order valence-corrected chi connectivity index (χ4v) is 5.32. The standard InChI is InChI=1S/C29H32N4O3/c34-27(32-18-15-24(16-19-32)31-29(36)30-23-11-2-1-3-12-23)22-10-7-17-33(20-22)28(35)26-14-6-9-21-8-4-5-13-25(21)26/h1-6,8-9,11-14,22,24H,7,10,15-20H2,(H2,30,31,36). The lowest BCUT2D eigenvalue weighted by Gasteiger charge is -2.38. The Labute approximate surface area is 211 Å². The minimum atomic E-state index is -0.221. The van der Waals surface area contributed by atoms with E-state index in [1.165, 1.54) is 0 Å². The molecule has 3 aromatic carbocycles. The van der Waals surface area contributed by atoms with E-state index in [2.05, 4.69) is 10.6 Å². The number of urea groups is 1. The van der Waals surface area contributed by atoms with Crippen LogP contribution in [-0.4, -0.2) is 59.9 Å². The zero-order valence-electron chi connectivity index (χ0n) is 20.4. The van der Waals surface area contributed by atoms with Crippen LogP contribution in [0.15, 0.2) is 72.8 Å². The summed E-state index contributed by atoms with van der Waals surface area (Å²) in [5, 5.41) is 7.86. The molecule has 2 saturated heterocycles. The van der Waals surface area contributed by atoms with E-state index in [9.17, 15) is 14.4 Å². The number of hydrogen-bond acceptors (Lipinski definition) is 3. The maximum absolute atomic E-state index is 13.4. The van der Waals surface area contributed by atoms with E-state index in [-0.39, 0.29) is 29.8 Å². The van der Waals surface area contributed by atoms with Gasteiger partial charge in [-0.1, -0.05) is 54.6 Å². The average molecular weight is 485 g/mol. The highest BCUT2D eigenvalue weighted by atomic mass is 16.2. The zero-order chi connectivity index (χ0) is 24.9.